The summed E-state index contributed by atoms with van der Waals surface area (Å²) in [5.74, 6) is 1.27. The molecule has 0 aliphatic heterocycles. The number of H-pyrrole nitrogens is 1. The number of ether oxygens (including phenoxy) is 1. The van der Waals surface area contributed by atoms with Gasteiger partial charge in [0.2, 0.25) is 5.82 Å². The quantitative estimate of drug-likeness (QED) is 0.294. The number of nitrogens with one attached hydrogen (secondary N) is 1. The zero-order valence-corrected chi connectivity index (χ0v) is 20.7. The predicted molar refractivity (Wildman–Crippen MR) is 136 cm³/mol. The van der Waals surface area contributed by atoms with Crippen LogP contribution in [0.3, 0.4) is 0 Å². The lowest BCUT2D eigenvalue weighted by Crippen LogP contribution is -2.09. The van der Waals surface area contributed by atoms with E-state index in [1.54, 1.807) is 0 Å². The summed E-state index contributed by atoms with van der Waals surface area (Å²) in [6.07, 6.45) is 1.82. The van der Waals surface area contributed by atoms with Gasteiger partial charge in [-0.05, 0) is 42.2 Å². The molecule has 0 saturated heterocycles. The summed E-state index contributed by atoms with van der Waals surface area (Å²) in [6.45, 7) is 6.95. The Morgan fingerprint density at radius 2 is 1.86 bits per heavy atom. The van der Waals surface area contributed by atoms with Gasteiger partial charge in [-0.1, -0.05) is 55.5 Å². The first-order chi connectivity index (χ1) is 17.1. The molecule has 5 aromatic rings. The number of hydrogen-bond acceptors (Lipinski definition) is 7. The lowest BCUT2D eigenvalue weighted by atomic mass is 9.98. The van der Waals surface area contributed by atoms with E-state index in [0.717, 1.165) is 56.8 Å². The normalized spacial score (nSPS) is 11.3. The second kappa shape index (κ2) is 9.79. The first kappa shape index (κ1) is 22.9. The third kappa shape index (κ3) is 4.35. The molecule has 3 heterocycles. The summed E-state index contributed by atoms with van der Waals surface area (Å²) in [5, 5.41) is 14.5. The molecule has 0 bridgehead atoms. The monoisotopic (exact) mass is 486 g/mol. The number of imidazole rings is 1. The van der Waals surface area contributed by atoms with Gasteiger partial charge in [0.05, 0.1) is 12.1 Å². The fraction of sp³-hybridized carbons (Fsp3) is 0.269. The molecule has 3 aromatic heterocycles. The number of nitrogens with zero attached hydrogens (tertiary/aromatic N) is 5. The van der Waals surface area contributed by atoms with Gasteiger partial charge in [0.15, 0.2) is 0 Å². The topological polar surface area (TPSA) is 98.6 Å². The molecule has 5 rings (SSSR count). The van der Waals surface area contributed by atoms with Gasteiger partial charge < -0.3 is 9.30 Å². The minimum atomic E-state index is -0.284. The average molecular weight is 487 g/mol. The van der Waals surface area contributed by atoms with E-state index in [0.29, 0.717) is 23.9 Å². The molecular weight excluding hydrogens is 460 g/mol. The third-order valence-corrected chi connectivity index (χ3v) is 6.97. The molecule has 0 fully saturated rings. The molecule has 0 unspecified atom stereocenters. The average Bonchev–Trinajstić information content (AvgIpc) is 3.59. The van der Waals surface area contributed by atoms with Crippen molar-refractivity contribution in [3.63, 3.8) is 0 Å². The van der Waals surface area contributed by atoms with E-state index >= 15 is 0 Å². The van der Waals surface area contributed by atoms with Crippen LogP contribution in [-0.4, -0.2) is 42.8 Å². The zero-order valence-electron chi connectivity index (χ0n) is 19.9. The first-order valence-corrected chi connectivity index (χ1v) is 12.5. The molecule has 178 valence electrons. The third-order valence-electron chi connectivity index (χ3n) is 5.90. The minimum absolute atomic E-state index is 0.284. The van der Waals surface area contributed by atoms with Crippen molar-refractivity contribution in [1.29, 1.82) is 0 Å². The van der Waals surface area contributed by atoms with Crippen LogP contribution >= 0.6 is 11.3 Å². The van der Waals surface area contributed by atoms with Crippen LogP contribution in [0.2, 0.25) is 0 Å². The van der Waals surface area contributed by atoms with Crippen molar-refractivity contribution < 1.29 is 9.53 Å². The largest absolute Gasteiger partial charge is 0.462 e. The van der Waals surface area contributed by atoms with Crippen molar-refractivity contribution in [2.75, 3.05) is 6.61 Å². The second-order valence-corrected chi connectivity index (χ2v) is 9.47. The van der Waals surface area contributed by atoms with Crippen molar-refractivity contribution in [3.05, 3.63) is 69.7 Å². The second-order valence-electron chi connectivity index (χ2n) is 8.25. The van der Waals surface area contributed by atoms with Gasteiger partial charge in [0, 0.05) is 23.4 Å². The lowest BCUT2D eigenvalue weighted by Gasteiger charge is -2.12. The smallest absolute Gasteiger partial charge is 0.350 e. The van der Waals surface area contributed by atoms with Crippen LogP contribution in [-0.2, 0) is 17.7 Å². The summed E-state index contributed by atoms with van der Waals surface area (Å²) >= 11 is 1.46. The van der Waals surface area contributed by atoms with Gasteiger partial charge in [0.1, 0.15) is 16.2 Å². The number of aryl methyl sites for hydroxylation is 2. The summed E-state index contributed by atoms with van der Waals surface area (Å²) < 4.78 is 7.52. The van der Waals surface area contributed by atoms with Crippen LogP contribution in [0.1, 0.15) is 46.2 Å². The number of rotatable bonds is 8. The molecule has 0 spiro atoms. The maximum atomic E-state index is 12.7. The number of carbonyl (C=O) groups excluding carboxylic acids is 1. The van der Waals surface area contributed by atoms with E-state index in [1.165, 1.54) is 11.3 Å². The first-order valence-electron chi connectivity index (χ1n) is 11.7. The summed E-state index contributed by atoms with van der Waals surface area (Å²) in [7, 11) is 0. The molecule has 8 nitrogen and oxygen atoms in total. The fourth-order valence-electron chi connectivity index (χ4n) is 4.32. The Balaban J connectivity index is 1.52. The maximum Gasteiger partial charge on any atom is 0.350 e. The van der Waals surface area contributed by atoms with Gasteiger partial charge in [-0.2, -0.15) is 5.21 Å². The Labute approximate surface area is 207 Å². The van der Waals surface area contributed by atoms with Crippen molar-refractivity contribution in [2.24, 2.45) is 0 Å². The molecule has 2 aromatic carbocycles. The number of benzene rings is 2. The van der Waals surface area contributed by atoms with Crippen LogP contribution < -0.4 is 0 Å². The van der Waals surface area contributed by atoms with Crippen LogP contribution in [0.5, 0.6) is 0 Å². The Morgan fingerprint density at radius 3 is 2.54 bits per heavy atom. The summed E-state index contributed by atoms with van der Waals surface area (Å²) in [5.41, 5.74) is 5.92. The number of hydrogen-bond donors (Lipinski definition) is 1. The molecule has 35 heavy (non-hydrogen) atoms. The fourth-order valence-corrected chi connectivity index (χ4v) is 5.31. The number of aromatic nitrogens is 6. The number of esters is 1. The van der Waals surface area contributed by atoms with E-state index < -0.39 is 0 Å². The standard InChI is InChI=1S/C26H26N6O2S/c1-4-8-21-27-22-16(3)35-24(26(33)34-5-2)23(22)32(21)15-17-11-13-18(14-12-17)19-9-6-7-10-20(19)25-28-30-31-29-25/h6-7,9-14H,4-5,8,15H2,1-3H3,(H,28,29,30,31). The molecule has 0 aliphatic rings. The van der Waals surface area contributed by atoms with Crippen LogP contribution in [0.25, 0.3) is 33.5 Å². The highest BCUT2D eigenvalue weighted by atomic mass is 32.1. The molecular formula is C26H26N6O2S. The van der Waals surface area contributed by atoms with Crippen LogP contribution in [0, 0.1) is 6.92 Å². The van der Waals surface area contributed by atoms with Gasteiger partial charge >= 0.3 is 5.97 Å². The molecule has 9 heteroatoms. The Hall–Kier alpha value is -3.85. The zero-order chi connectivity index (χ0) is 24.4. The van der Waals surface area contributed by atoms with Gasteiger partial charge in [-0.3, -0.25) is 0 Å². The van der Waals surface area contributed by atoms with Crippen molar-refractivity contribution in [1.82, 2.24) is 30.2 Å². The van der Waals surface area contributed by atoms with E-state index in [1.807, 2.05) is 32.0 Å². The van der Waals surface area contributed by atoms with Gasteiger partial charge in [-0.25, -0.2) is 9.78 Å². The SMILES string of the molecule is CCCc1nc2c(C)sc(C(=O)OCC)c2n1Cc1ccc(-c2ccccc2-c2nn[nH]n2)cc1. The number of tetrazole rings is 1. The Morgan fingerprint density at radius 1 is 1.09 bits per heavy atom. The van der Waals surface area contributed by atoms with Crippen LogP contribution in [0.15, 0.2) is 48.5 Å². The number of carbonyl (C=O) groups is 1. The number of thiophene rings is 1. The van der Waals surface area contributed by atoms with E-state index in [4.69, 9.17) is 9.72 Å². The summed E-state index contributed by atoms with van der Waals surface area (Å²) in [6, 6.07) is 16.5. The highest BCUT2D eigenvalue weighted by Gasteiger charge is 2.24. The van der Waals surface area contributed by atoms with Crippen molar-refractivity contribution in [3.8, 4) is 22.5 Å². The number of aromatic amines is 1. The van der Waals surface area contributed by atoms with Gasteiger partial charge in [0.25, 0.3) is 0 Å². The van der Waals surface area contributed by atoms with Crippen LogP contribution in [0.4, 0.5) is 0 Å². The predicted octanol–water partition coefficient (Wildman–Crippen LogP) is 5.43. The summed E-state index contributed by atoms with van der Waals surface area (Å²) in [4.78, 5) is 19.3. The van der Waals surface area contributed by atoms with E-state index in [2.05, 4.69) is 62.4 Å². The van der Waals surface area contributed by atoms with E-state index in [-0.39, 0.29) is 5.97 Å². The highest BCUT2D eigenvalue weighted by Crippen LogP contribution is 2.34. The van der Waals surface area contributed by atoms with E-state index in [9.17, 15) is 4.79 Å². The molecule has 1 N–H and O–H groups in total. The van der Waals surface area contributed by atoms with Crippen molar-refractivity contribution in [2.45, 2.75) is 40.2 Å². The lowest BCUT2D eigenvalue weighted by molar-refractivity contribution is 0.0533. The highest BCUT2D eigenvalue weighted by molar-refractivity contribution is 7.15. The maximum absolute atomic E-state index is 12.7. The van der Waals surface area contributed by atoms with Gasteiger partial charge in [-0.15, -0.1) is 21.5 Å². The molecule has 0 saturated carbocycles. The molecule has 0 amide bonds. The minimum Gasteiger partial charge on any atom is -0.462 e. The Bertz CT molecular complexity index is 1470. The number of fused-ring (bicyclic) bond motifs is 1. The molecule has 0 atom stereocenters. The Kier molecular flexibility index (Phi) is 6.41. The molecule has 0 aliphatic carbocycles. The van der Waals surface area contributed by atoms with Crippen molar-refractivity contribution >= 4 is 28.3 Å². The molecule has 0 radical (unpaired) electrons.